The topological polar surface area (TPSA) is 82.3 Å². The summed E-state index contributed by atoms with van der Waals surface area (Å²) in [6.45, 7) is 0. The van der Waals surface area contributed by atoms with E-state index in [1.807, 2.05) is 18.4 Å². The third-order valence-electron chi connectivity index (χ3n) is 2.58. The lowest BCUT2D eigenvalue weighted by Gasteiger charge is -2.12. The van der Waals surface area contributed by atoms with Crippen LogP contribution in [-0.2, 0) is 0 Å². The molecule has 0 aliphatic rings. The second-order valence-corrected chi connectivity index (χ2v) is 4.63. The van der Waals surface area contributed by atoms with Gasteiger partial charge in [-0.05, 0) is 18.4 Å². The van der Waals surface area contributed by atoms with Crippen LogP contribution in [0, 0.1) is 0 Å². The molecule has 3 N–H and O–H groups in total. The maximum Gasteiger partial charge on any atom is 0.191 e. The number of benzene rings is 1. The van der Waals surface area contributed by atoms with Crippen molar-refractivity contribution in [1.29, 1.82) is 0 Å². The molecule has 0 bridgehead atoms. The smallest absolute Gasteiger partial charge is 0.191 e. The van der Waals surface area contributed by atoms with Crippen LogP contribution in [0.25, 0.3) is 0 Å². The van der Waals surface area contributed by atoms with Crippen LogP contribution in [0.5, 0.6) is 11.5 Å². The summed E-state index contributed by atoms with van der Waals surface area (Å²) < 4.78 is 10.5. The van der Waals surface area contributed by atoms with Crippen molar-refractivity contribution in [1.82, 2.24) is 9.97 Å². The zero-order valence-corrected chi connectivity index (χ0v) is 12.3. The molecule has 0 unspecified atom stereocenters. The van der Waals surface area contributed by atoms with Crippen LogP contribution in [0.15, 0.2) is 29.4 Å². The summed E-state index contributed by atoms with van der Waals surface area (Å²) in [4.78, 5) is 8.44. The molecule has 0 saturated carbocycles. The van der Waals surface area contributed by atoms with Crippen molar-refractivity contribution in [2.24, 2.45) is 0 Å². The molecule has 1 aromatic heterocycles. The van der Waals surface area contributed by atoms with Crippen LogP contribution in [0.2, 0.25) is 0 Å². The van der Waals surface area contributed by atoms with Gasteiger partial charge in [0, 0.05) is 12.1 Å². The quantitative estimate of drug-likeness (QED) is 0.647. The molecule has 1 heterocycles. The van der Waals surface area contributed by atoms with Gasteiger partial charge in [0.15, 0.2) is 5.16 Å². The third kappa shape index (κ3) is 3.24. The van der Waals surface area contributed by atoms with Crippen LogP contribution in [0.4, 0.5) is 17.3 Å². The molecule has 0 aliphatic heterocycles. The molecule has 0 aliphatic carbocycles. The number of nitrogens with two attached hydrogens (primary N) is 1. The van der Waals surface area contributed by atoms with Crippen LogP contribution in [-0.4, -0.2) is 30.4 Å². The highest BCUT2D eigenvalue weighted by molar-refractivity contribution is 7.98. The average Bonchev–Trinajstić information content (AvgIpc) is 2.47. The molecule has 0 radical (unpaired) electrons. The zero-order valence-electron chi connectivity index (χ0n) is 11.5. The highest BCUT2D eigenvalue weighted by Crippen LogP contribution is 2.31. The van der Waals surface area contributed by atoms with E-state index in [-0.39, 0.29) is 0 Å². The molecule has 0 fully saturated rings. The first kappa shape index (κ1) is 14.3. The minimum atomic E-state index is 0.416. The highest BCUT2D eigenvalue weighted by atomic mass is 32.2. The Morgan fingerprint density at radius 1 is 1.15 bits per heavy atom. The average molecular weight is 292 g/mol. The molecule has 6 nitrogen and oxygen atoms in total. The molecule has 0 spiro atoms. The van der Waals surface area contributed by atoms with E-state index in [1.165, 1.54) is 11.8 Å². The Balaban J connectivity index is 2.31. The van der Waals surface area contributed by atoms with Gasteiger partial charge in [-0.3, -0.25) is 0 Å². The normalized spacial score (nSPS) is 10.2. The first-order valence-electron chi connectivity index (χ1n) is 5.84. The second kappa shape index (κ2) is 6.33. The maximum atomic E-state index is 5.75. The lowest BCUT2D eigenvalue weighted by Crippen LogP contribution is -2.01. The van der Waals surface area contributed by atoms with E-state index in [0.717, 1.165) is 11.4 Å². The van der Waals surface area contributed by atoms with Crippen LogP contribution in [0.3, 0.4) is 0 Å². The van der Waals surface area contributed by atoms with Gasteiger partial charge in [0.2, 0.25) is 0 Å². The Labute approximate surface area is 121 Å². The minimum absolute atomic E-state index is 0.416. The molecule has 2 aromatic rings. The number of nitrogens with zero attached hydrogens (tertiary/aromatic N) is 2. The lowest BCUT2D eigenvalue weighted by atomic mass is 10.2. The fourth-order valence-corrected chi connectivity index (χ4v) is 2.02. The van der Waals surface area contributed by atoms with Crippen LogP contribution >= 0.6 is 11.8 Å². The van der Waals surface area contributed by atoms with Crippen molar-refractivity contribution in [3.63, 3.8) is 0 Å². The van der Waals surface area contributed by atoms with E-state index in [0.29, 0.717) is 22.5 Å². The summed E-state index contributed by atoms with van der Waals surface area (Å²) in [5.41, 5.74) is 6.53. The molecule has 7 heteroatoms. The Kier molecular flexibility index (Phi) is 4.52. The molecule has 0 atom stereocenters. The van der Waals surface area contributed by atoms with Gasteiger partial charge >= 0.3 is 0 Å². The van der Waals surface area contributed by atoms with Crippen molar-refractivity contribution in [3.05, 3.63) is 24.3 Å². The SMILES string of the molecule is COc1ccc(Nc2cc(N)nc(SC)n2)c(OC)c1. The van der Waals surface area contributed by atoms with Gasteiger partial charge in [-0.1, -0.05) is 11.8 Å². The number of ether oxygens (including phenoxy) is 2. The predicted molar refractivity (Wildman–Crippen MR) is 81.1 cm³/mol. The van der Waals surface area contributed by atoms with Gasteiger partial charge in [-0.2, -0.15) is 0 Å². The number of rotatable bonds is 5. The molecule has 2 rings (SSSR count). The van der Waals surface area contributed by atoms with E-state index in [1.54, 1.807) is 26.4 Å². The van der Waals surface area contributed by atoms with Crippen molar-refractivity contribution >= 4 is 29.1 Å². The van der Waals surface area contributed by atoms with Gasteiger partial charge in [0.1, 0.15) is 23.1 Å². The largest absolute Gasteiger partial charge is 0.497 e. The number of methoxy groups -OCH3 is 2. The summed E-state index contributed by atoms with van der Waals surface area (Å²) in [7, 11) is 3.21. The standard InChI is InChI=1S/C13H16N4O2S/c1-18-8-4-5-9(10(6-8)19-2)15-12-7-11(14)16-13(17-12)20-3/h4-7H,1-3H3,(H3,14,15,16,17). The maximum absolute atomic E-state index is 5.75. The summed E-state index contributed by atoms with van der Waals surface area (Å²) in [5.74, 6) is 2.41. The number of nitrogens with one attached hydrogen (secondary N) is 1. The van der Waals surface area contributed by atoms with E-state index in [2.05, 4.69) is 15.3 Å². The fraction of sp³-hybridized carbons (Fsp3) is 0.231. The van der Waals surface area contributed by atoms with Crippen LogP contribution in [0.1, 0.15) is 0 Å². The first-order chi connectivity index (χ1) is 9.66. The van der Waals surface area contributed by atoms with Crippen LogP contribution < -0.4 is 20.5 Å². The molecule has 1 aromatic carbocycles. The van der Waals surface area contributed by atoms with Crippen molar-refractivity contribution < 1.29 is 9.47 Å². The minimum Gasteiger partial charge on any atom is -0.497 e. The second-order valence-electron chi connectivity index (χ2n) is 3.86. The van der Waals surface area contributed by atoms with E-state index in [4.69, 9.17) is 15.2 Å². The van der Waals surface area contributed by atoms with Crippen molar-refractivity contribution in [2.45, 2.75) is 5.16 Å². The Bertz CT molecular complexity index is 607. The molecule has 0 saturated heterocycles. The number of hydrogen-bond acceptors (Lipinski definition) is 7. The third-order valence-corrected chi connectivity index (χ3v) is 3.13. The Morgan fingerprint density at radius 3 is 2.60 bits per heavy atom. The molecule has 0 amide bonds. The monoisotopic (exact) mass is 292 g/mol. The number of hydrogen-bond donors (Lipinski definition) is 2. The van der Waals surface area contributed by atoms with E-state index in [9.17, 15) is 0 Å². The zero-order chi connectivity index (χ0) is 14.5. The molecular formula is C13H16N4O2S. The molecular weight excluding hydrogens is 276 g/mol. The summed E-state index contributed by atoms with van der Waals surface area (Å²) >= 11 is 1.43. The van der Waals surface area contributed by atoms with E-state index >= 15 is 0 Å². The Morgan fingerprint density at radius 2 is 1.95 bits per heavy atom. The summed E-state index contributed by atoms with van der Waals surface area (Å²) in [6.07, 6.45) is 1.90. The lowest BCUT2D eigenvalue weighted by molar-refractivity contribution is 0.395. The first-order valence-corrected chi connectivity index (χ1v) is 7.06. The Hall–Kier alpha value is -2.15. The van der Waals surface area contributed by atoms with Gasteiger partial charge in [0.25, 0.3) is 0 Å². The molecule has 20 heavy (non-hydrogen) atoms. The number of anilines is 3. The molecule has 106 valence electrons. The number of nitrogen functional groups attached to an aromatic ring is 1. The highest BCUT2D eigenvalue weighted by Gasteiger charge is 2.08. The van der Waals surface area contributed by atoms with E-state index < -0.39 is 0 Å². The van der Waals surface area contributed by atoms with Gasteiger partial charge in [-0.25, -0.2) is 9.97 Å². The number of aromatic nitrogens is 2. The number of thioether (sulfide) groups is 1. The van der Waals surface area contributed by atoms with Gasteiger partial charge < -0.3 is 20.5 Å². The fourth-order valence-electron chi connectivity index (χ4n) is 1.64. The van der Waals surface area contributed by atoms with Gasteiger partial charge in [-0.15, -0.1) is 0 Å². The van der Waals surface area contributed by atoms with Gasteiger partial charge in [0.05, 0.1) is 19.9 Å². The van der Waals surface area contributed by atoms with Crippen molar-refractivity contribution in [3.8, 4) is 11.5 Å². The predicted octanol–water partition coefficient (Wildman–Crippen LogP) is 2.54. The summed E-state index contributed by atoms with van der Waals surface area (Å²) in [6, 6.07) is 7.16. The summed E-state index contributed by atoms with van der Waals surface area (Å²) in [5, 5.41) is 3.78. The van der Waals surface area contributed by atoms with Crippen molar-refractivity contribution in [2.75, 3.05) is 31.5 Å².